The van der Waals surface area contributed by atoms with E-state index in [-0.39, 0.29) is 24.1 Å². The molecular formula is C25H24N4O4S. The van der Waals surface area contributed by atoms with Gasteiger partial charge in [-0.3, -0.25) is 19.7 Å². The molecule has 8 nitrogen and oxygen atoms in total. The number of rotatable bonds is 9. The number of carbonyl (C=O) groups excluding carboxylic acids is 2. The summed E-state index contributed by atoms with van der Waals surface area (Å²) in [5.74, 6) is 0.813. The van der Waals surface area contributed by atoms with E-state index in [0.29, 0.717) is 33.7 Å². The van der Waals surface area contributed by atoms with Gasteiger partial charge in [-0.1, -0.05) is 47.7 Å². The topological polar surface area (TPSA) is 99.3 Å². The zero-order valence-corrected chi connectivity index (χ0v) is 19.9. The maximum atomic E-state index is 12.8. The van der Waals surface area contributed by atoms with Gasteiger partial charge in [0.1, 0.15) is 5.75 Å². The van der Waals surface area contributed by atoms with Crippen LogP contribution in [0, 0.1) is 20.8 Å². The van der Waals surface area contributed by atoms with Gasteiger partial charge in [0.25, 0.3) is 17.0 Å². The smallest absolute Gasteiger partial charge is 0.277 e. The molecule has 0 saturated heterocycles. The fourth-order valence-electron chi connectivity index (χ4n) is 3.31. The minimum atomic E-state index is -0.248. The highest BCUT2D eigenvalue weighted by Gasteiger charge is 2.19. The van der Waals surface area contributed by atoms with Crippen molar-refractivity contribution in [2.24, 2.45) is 0 Å². The number of thioether (sulfide) groups is 1. The number of carbonyl (C=O) groups is 2. The van der Waals surface area contributed by atoms with Crippen molar-refractivity contribution >= 4 is 23.5 Å². The Kier molecular flexibility index (Phi) is 7.12. The summed E-state index contributed by atoms with van der Waals surface area (Å²) in [5.41, 5.74) is 6.47. The van der Waals surface area contributed by atoms with Crippen LogP contribution in [0.4, 0.5) is 0 Å². The van der Waals surface area contributed by atoms with Gasteiger partial charge in [0.05, 0.1) is 5.75 Å². The van der Waals surface area contributed by atoms with Gasteiger partial charge in [0, 0.05) is 22.5 Å². The molecule has 2 aromatic carbocycles. The van der Waals surface area contributed by atoms with Gasteiger partial charge in [0.2, 0.25) is 0 Å². The highest BCUT2D eigenvalue weighted by molar-refractivity contribution is 7.99. The molecule has 0 bridgehead atoms. The standard InChI is InChI=1S/C25H24N4O4S/c1-16-9-11-20(12-10-16)32-14-23-26-27-25(33-23)34-15-22(30)21-13-17(2)29(18(21)3)28-24(31)19-7-5-4-6-8-19/h4-13H,14-15H2,1-3H3,(H,28,31). The quantitative estimate of drug-likeness (QED) is 0.275. The molecule has 0 unspecified atom stereocenters. The van der Waals surface area contributed by atoms with Crippen molar-refractivity contribution in [2.75, 3.05) is 11.2 Å². The van der Waals surface area contributed by atoms with Gasteiger partial charge >= 0.3 is 0 Å². The number of nitrogens with zero attached hydrogens (tertiary/aromatic N) is 3. The first-order chi connectivity index (χ1) is 16.4. The minimum Gasteiger partial charge on any atom is -0.484 e. The van der Waals surface area contributed by atoms with Gasteiger partial charge in [-0.25, -0.2) is 0 Å². The molecule has 2 aromatic heterocycles. The Hall–Kier alpha value is -3.85. The van der Waals surface area contributed by atoms with Gasteiger partial charge in [-0.15, -0.1) is 10.2 Å². The monoisotopic (exact) mass is 476 g/mol. The van der Waals surface area contributed by atoms with Crippen LogP contribution in [0.25, 0.3) is 0 Å². The third kappa shape index (κ3) is 5.55. The minimum absolute atomic E-state index is 0.103. The lowest BCUT2D eigenvalue weighted by molar-refractivity contribution is 0.0999. The molecule has 174 valence electrons. The SMILES string of the molecule is Cc1ccc(OCc2nnc(SCC(=O)c3cc(C)n(NC(=O)c4ccccc4)c3C)o2)cc1. The van der Waals surface area contributed by atoms with Crippen molar-refractivity contribution in [1.29, 1.82) is 0 Å². The van der Waals surface area contributed by atoms with Crippen LogP contribution in [0.15, 0.2) is 70.3 Å². The van der Waals surface area contributed by atoms with E-state index in [9.17, 15) is 9.59 Å². The molecule has 4 aromatic rings. The molecule has 34 heavy (non-hydrogen) atoms. The molecule has 1 amide bonds. The second kappa shape index (κ2) is 10.4. The van der Waals surface area contributed by atoms with Crippen LogP contribution >= 0.6 is 11.8 Å². The largest absolute Gasteiger partial charge is 0.484 e. The predicted molar refractivity (Wildman–Crippen MR) is 129 cm³/mol. The number of aryl methyl sites for hydroxylation is 2. The van der Waals surface area contributed by atoms with Crippen LogP contribution in [-0.2, 0) is 6.61 Å². The normalized spacial score (nSPS) is 10.8. The lowest BCUT2D eigenvalue weighted by atomic mass is 10.2. The van der Waals surface area contributed by atoms with Gasteiger partial charge < -0.3 is 9.15 Å². The van der Waals surface area contributed by atoms with Crippen LogP contribution in [0.1, 0.15) is 43.6 Å². The zero-order chi connectivity index (χ0) is 24.1. The van der Waals surface area contributed by atoms with Crippen LogP contribution in [0.3, 0.4) is 0 Å². The first kappa shape index (κ1) is 23.3. The van der Waals surface area contributed by atoms with Crippen LogP contribution in [0.2, 0.25) is 0 Å². The summed E-state index contributed by atoms with van der Waals surface area (Å²) in [4.78, 5) is 25.4. The van der Waals surface area contributed by atoms with E-state index >= 15 is 0 Å². The third-order valence-electron chi connectivity index (χ3n) is 5.14. The Morgan fingerprint density at radius 2 is 1.76 bits per heavy atom. The number of amides is 1. The third-order valence-corrected chi connectivity index (χ3v) is 5.96. The van der Waals surface area contributed by atoms with Gasteiger partial charge in [0.15, 0.2) is 12.4 Å². The Morgan fingerprint density at radius 1 is 1.03 bits per heavy atom. The Balaban J connectivity index is 1.34. The summed E-state index contributed by atoms with van der Waals surface area (Å²) in [7, 11) is 0. The van der Waals surface area contributed by atoms with E-state index in [4.69, 9.17) is 9.15 Å². The molecule has 0 aliphatic carbocycles. The number of hydrogen-bond acceptors (Lipinski definition) is 7. The molecule has 2 heterocycles. The maximum Gasteiger partial charge on any atom is 0.277 e. The van der Waals surface area contributed by atoms with Crippen molar-refractivity contribution in [1.82, 2.24) is 14.9 Å². The second-order valence-electron chi connectivity index (χ2n) is 7.70. The molecule has 0 fully saturated rings. The van der Waals surface area contributed by atoms with E-state index in [2.05, 4.69) is 15.6 Å². The predicted octanol–water partition coefficient (Wildman–Crippen LogP) is 4.73. The van der Waals surface area contributed by atoms with Crippen LogP contribution in [0.5, 0.6) is 5.75 Å². The first-order valence-electron chi connectivity index (χ1n) is 10.6. The number of benzene rings is 2. The Labute approximate surface area is 201 Å². The fourth-order valence-corrected chi connectivity index (χ4v) is 3.98. The van der Waals surface area contributed by atoms with E-state index in [1.165, 1.54) is 0 Å². The number of aromatic nitrogens is 3. The number of ketones is 1. The Morgan fingerprint density at radius 3 is 2.50 bits per heavy atom. The van der Waals surface area contributed by atoms with Crippen molar-refractivity contribution in [3.8, 4) is 5.75 Å². The summed E-state index contributed by atoms with van der Waals surface area (Å²) in [6.07, 6.45) is 0. The highest BCUT2D eigenvalue weighted by Crippen LogP contribution is 2.22. The second-order valence-corrected chi connectivity index (χ2v) is 8.63. The number of nitrogens with one attached hydrogen (secondary N) is 1. The van der Waals surface area contributed by atoms with E-state index in [1.54, 1.807) is 41.9 Å². The van der Waals surface area contributed by atoms with Crippen molar-refractivity contribution in [2.45, 2.75) is 32.6 Å². The average Bonchev–Trinajstić information content (AvgIpc) is 3.42. The molecule has 0 spiro atoms. The molecule has 0 saturated carbocycles. The molecule has 0 radical (unpaired) electrons. The average molecular weight is 477 g/mol. The zero-order valence-electron chi connectivity index (χ0n) is 19.1. The summed E-state index contributed by atoms with van der Waals surface area (Å²) in [6, 6.07) is 18.3. The van der Waals surface area contributed by atoms with Crippen LogP contribution < -0.4 is 10.2 Å². The summed E-state index contributed by atoms with van der Waals surface area (Å²) in [5, 5.41) is 8.24. The molecule has 0 aliphatic rings. The number of Topliss-reactive ketones (excluding diaryl/α,β-unsaturated/α-hetero) is 1. The molecule has 9 heteroatoms. The molecule has 4 rings (SSSR count). The van der Waals surface area contributed by atoms with E-state index in [0.717, 1.165) is 23.0 Å². The summed E-state index contributed by atoms with van der Waals surface area (Å²) in [6.45, 7) is 5.78. The van der Waals surface area contributed by atoms with Crippen LogP contribution in [-0.4, -0.2) is 32.3 Å². The number of hydrogen-bond donors (Lipinski definition) is 1. The van der Waals surface area contributed by atoms with E-state index in [1.807, 2.05) is 44.2 Å². The summed E-state index contributed by atoms with van der Waals surface area (Å²) < 4.78 is 12.8. The molecule has 0 aliphatic heterocycles. The Bertz CT molecular complexity index is 1300. The highest BCUT2D eigenvalue weighted by atomic mass is 32.2. The van der Waals surface area contributed by atoms with Crippen molar-refractivity contribution in [3.05, 3.63) is 94.6 Å². The van der Waals surface area contributed by atoms with Crippen molar-refractivity contribution < 1.29 is 18.7 Å². The maximum absolute atomic E-state index is 12.8. The lowest BCUT2D eigenvalue weighted by Crippen LogP contribution is -2.25. The van der Waals surface area contributed by atoms with Crippen molar-refractivity contribution in [3.63, 3.8) is 0 Å². The summed E-state index contributed by atoms with van der Waals surface area (Å²) >= 11 is 1.16. The molecule has 0 atom stereocenters. The lowest BCUT2D eigenvalue weighted by Gasteiger charge is -2.11. The van der Waals surface area contributed by atoms with E-state index < -0.39 is 0 Å². The number of ether oxygens (including phenoxy) is 1. The fraction of sp³-hybridized carbons (Fsp3) is 0.200. The molecule has 1 N–H and O–H groups in total. The van der Waals surface area contributed by atoms with Gasteiger partial charge in [-0.05, 0) is 51.1 Å². The first-order valence-corrected chi connectivity index (χ1v) is 11.6. The van der Waals surface area contributed by atoms with Gasteiger partial charge in [-0.2, -0.15) is 0 Å². The molecular weight excluding hydrogens is 452 g/mol.